The fourth-order valence-corrected chi connectivity index (χ4v) is 6.17. The number of ether oxygens (including phenoxy) is 3. The highest BCUT2D eigenvalue weighted by Crippen LogP contribution is 2.49. The van der Waals surface area contributed by atoms with Crippen molar-refractivity contribution < 1.29 is 37.3 Å². The molecule has 9 heteroatoms. The van der Waals surface area contributed by atoms with Crippen LogP contribution in [0.25, 0.3) is 11.1 Å². The summed E-state index contributed by atoms with van der Waals surface area (Å²) in [5.74, 6) is -0.341. The van der Waals surface area contributed by atoms with Crippen LogP contribution in [0.1, 0.15) is 63.2 Å². The molecule has 3 aliphatic rings. The van der Waals surface area contributed by atoms with Gasteiger partial charge in [-0.2, -0.15) is 0 Å². The summed E-state index contributed by atoms with van der Waals surface area (Å²) in [6, 6.07) is 12.7. The number of halogens is 3. The highest BCUT2D eigenvalue weighted by atomic mass is 19.4. The van der Waals surface area contributed by atoms with Crippen molar-refractivity contribution in [1.82, 2.24) is 4.90 Å². The standard InChI is InChI=1S/C30H36F3NO5/c1-27(2,36)24-11-12-28(3,39-24)25-18-29(19-37-25)13-15-34(16-14-29)26(35)21-9-7-20(8-10-21)22-5-4-6-23(17-22)38-30(31,32)33/h4-10,17,24-25,36H,11-16,18-19H2,1-3H3/t24-,25+,28+/m0/s1. The summed E-state index contributed by atoms with van der Waals surface area (Å²) in [6.45, 7) is 7.58. The summed E-state index contributed by atoms with van der Waals surface area (Å²) < 4.78 is 54.3. The molecular formula is C30H36F3NO5. The molecule has 2 aromatic rings. The number of carbonyl (C=O) groups is 1. The summed E-state index contributed by atoms with van der Waals surface area (Å²) >= 11 is 0. The number of nitrogens with zero attached hydrogens (tertiary/aromatic N) is 1. The molecule has 3 fully saturated rings. The van der Waals surface area contributed by atoms with Gasteiger partial charge in [0.15, 0.2) is 0 Å². The van der Waals surface area contributed by atoms with E-state index in [2.05, 4.69) is 11.7 Å². The quantitative estimate of drug-likeness (QED) is 0.500. The van der Waals surface area contributed by atoms with Gasteiger partial charge in [0.2, 0.25) is 0 Å². The van der Waals surface area contributed by atoms with E-state index >= 15 is 0 Å². The van der Waals surface area contributed by atoms with Gasteiger partial charge in [0.05, 0.1) is 30.0 Å². The van der Waals surface area contributed by atoms with Crippen LogP contribution in [0.2, 0.25) is 0 Å². The van der Waals surface area contributed by atoms with Crippen molar-refractivity contribution in [1.29, 1.82) is 0 Å². The second-order valence-electron chi connectivity index (χ2n) is 12.1. The number of carbonyl (C=O) groups excluding carboxylic acids is 1. The number of alkyl halides is 3. The van der Waals surface area contributed by atoms with Crippen LogP contribution in [0.5, 0.6) is 5.75 Å². The van der Waals surface area contributed by atoms with Crippen molar-refractivity contribution >= 4 is 5.91 Å². The molecule has 3 heterocycles. The molecule has 1 spiro atoms. The lowest BCUT2D eigenvalue weighted by atomic mass is 9.74. The van der Waals surface area contributed by atoms with E-state index in [9.17, 15) is 23.1 Å². The summed E-state index contributed by atoms with van der Waals surface area (Å²) in [7, 11) is 0. The van der Waals surface area contributed by atoms with E-state index in [0.29, 0.717) is 36.4 Å². The molecule has 0 aliphatic carbocycles. The van der Waals surface area contributed by atoms with Crippen LogP contribution in [0.3, 0.4) is 0 Å². The molecule has 0 aromatic heterocycles. The smallest absolute Gasteiger partial charge is 0.406 e. The van der Waals surface area contributed by atoms with Crippen LogP contribution in [0.15, 0.2) is 48.5 Å². The molecule has 0 unspecified atom stereocenters. The van der Waals surface area contributed by atoms with Gasteiger partial charge >= 0.3 is 6.36 Å². The number of piperidine rings is 1. The highest BCUT2D eigenvalue weighted by molar-refractivity contribution is 5.94. The molecule has 212 valence electrons. The number of benzene rings is 2. The van der Waals surface area contributed by atoms with E-state index in [4.69, 9.17) is 9.47 Å². The Morgan fingerprint density at radius 1 is 1.05 bits per heavy atom. The van der Waals surface area contributed by atoms with E-state index in [1.54, 1.807) is 44.2 Å². The van der Waals surface area contributed by atoms with Gasteiger partial charge < -0.3 is 24.2 Å². The number of hydrogen-bond donors (Lipinski definition) is 1. The summed E-state index contributed by atoms with van der Waals surface area (Å²) in [5, 5.41) is 10.4. The molecule has 6 nitrogen and oxygen atoms in total. The van der Waals surface area contributed by atoms with E-state index in [-0.39, 0.29) is 29.3 Å². The zero-order valence-corrected chi connectivity index (χ0v) is 22.6. The Hall–Kier alpha value is -2.62. The predicted octanol–water partition coefficient (Wildman–Crippen LogP) is 5.97. The lowest BCUT2D eigenvalue weighted by Crippen LogP contribution is -2.45. The molecule has 3 aliphatic heterocycles. The SMILES string of the molecule is CC(C)(O)[C@@H]1CC[C@](C)([C@H]2CC3(CCN(C(=O)c4ccc(-c5cccc(OC(F)(F)F)c5)cc4)CC3)CO2)O1. The molecule has 0 bridgehead atoms. The molecule has 0 radical (unpaired) electrons. The Morgan fingerprint density at radius 2 is 1.74 bits per heavy atom. The molecule has 5 rings (SSSR count). The molecular weight excluding hydrogens is 511 g/mol. The van der Waals surface area contributed by atoms with Crippen molar-refractivity contribution in [2.24, 2.45) is 5.41 Å². The minimum atomic E-state index is -4.75. The van der Waals surface area contributed by atoms with E-state index in [0.717, 1.165) is 32.1 Å². The van der Waals surface area contributed by atoms with Crippen molar-refractivity contribution in [3.8, 4) is 16.9 Å². The fourth-order valence-electron chi connectivity index (χ4n) is 6.17. The third-order valence-electron chi connectivity index (χ3n) is 8.64. The van der Waals surface area contributed by atoms with Gasteiger partial charge in [-0.1, -0.05) is 24.3 Å². The zero-order chi connectivity index (χ0) is 28.1. The maximum absolute atomic E-state index is 13.2. The first-order chi connectivity index (χ1) is 18.3. The Morgan fingerprint density at radius 3 is 2.36 bits per heavy atom. The number of likely N-dealkylation sites (tertiary alicyclic amines) is 1. The van der Waals surface area contributed by atoms with Gasteiger partial charge in [0.25, 0.3) is 5.91 Å². The second-order valence-corrected chi connectivity index (χ2v) is 12.1. The van der Waals surface area contributed by atoms with Crippen molar-refractivity contribution in [3.63, 3.8) is 0 Å². The number of aliphatic hydroxyl groups is 1. The lowest BCUT2D eigenvalue weighted by Gasteiger charge is -2.39. The van der Waals surface area contributed by atoms with Crippen LogP contribution in [0, 0.1) is 5.41 Å². The first kappa shape index (κ1) is 27.9. The third kappa shape index (κ3) is 6.10. The van der Waals surface area contributed by atoms with E-state index < -0.39 is 17.6 Å². The molecule has 3 saturated heterocycles. The van der Waals surface area contributed by atoms with Gasteiger partial charge in [0, 0.05) is 18.7 Å². The first-order valence-electron chi connectivity index (χ1n) is 13.5. The normalized spacial score (nSPS) is 27.2. The Kier molecular flexibility index (Phi) is 7.23. The van der Waals surface area contributed by atoms with E-state index in [1.807, 2.05) is 4.90 Å². The maximum Gasteiger partial charge on any atom is 0.573 e. The van der Waals surface area contributed by atoms with Crippen LogP contribution in [-0.2, 0) is 9.47 Å². The predicted molar refractivity (Wildman–Crippen MR) is 139 cm³/mol. The average Bonchev–Trinajstić information content (AvgIpc) is 3.49. The zero-order valence-electron chi connectivity index (χ0n) is 22.6. The largest absolute Gasteiger partial charge is 0.573 e. The van der Waals surface area contributed by atoms with Crippen LogP contribution in [0.4, 0.5) is 13.2 Å². The maximum atomic E-state index is 13.2. The van der Waals surface area contributed by atoms with Crippen molar-refractivity contribution in [2.45, 2.75) is 82.6 Å². The number of hydrogen-bond acceptors (Lipinski definition) is 5. The van der Waals surface area contributed by atoms with Gasteiger partial charge in [0.1, 0.15) is 5.75 Å². The summed E-state index contributed by atoms with van der Waals surface area (Å²) in [5.41, 5.74) is 0.529. The number of amides is 1. The average molecular weight is 548 g/mol. The van der Waals surface area contributed by atoms with Crippen LogP contribution < -0.4 is 4.74 Å². The van der Waals surface area contributed by atoms with Gasteiger partial charge in [-0.05, 0) is 93.7 Å². The molecule has 39 heavy (non-hydrogen) atoms. The molecule has 0 saturated carbocycles. The second kappa shape index (κ2) is 10.1. The molecule has 2 aromatic carbocycles. The minimum Gasteiger partial charge on any atom is -0.406 e. The Bertz CT molecular complexity index is 1180. The molecule has 1 amide bonds. The molecule has 3 atom stereocenters. The minimum absolute atomic E-state index is 0.0218. The van der Waals surface area contributed by atoms with Crippen LogP contribution in [-0.4, -0.2) is 65.4 Å². The van der Waals surface area contributed by atoms with Gasteiger partial charge in [-0.25, -0.2) is 0 Å². The Labute approximate surface area is 227 Å². The van der Waals surface area contributed by atoms with Crippen molar-refractivity contribution in [2.75, 3.05) is 19.7 Å². The van der Waals surface area contributed by atoms with Crippen LogP contribution >= 0.6 is 0 Å². The third-order valence-corrected chi connectivity index (χ3v) is 8.64. The summed E-state index contributed by atoms with van der Waals surface area (Å²) in [4.78, 5) is 15.1. The molecule has 1 N–H and O–H groups in total. The van der Waals surface area contributed by atoms with Gasteiger partial charge in [-0.3, -0.25) is 4.79 Å². The Balaban J connectivity index is 1.17. The van der Waals surface area contributed by atoms with Crippen molar-refractivity contribution in [3.05, 3.63) is 54.1 Å². The summed E-state index contributed by atoms with van der Waals surface area (Å²) in [6.07, 6.45) is -0.741. The fraction of sp³-hybridized carbons (Fsp3) is 0.567. The monoisotopic (exact) mass is 547 g/mol. The van der Waals surface area contributed by atoms with E-state index in [1.165, 1.54) is 18.2 Å². The highest BCUT2D eigenvalue weighted by Gasteiger charge is 2.53. The first-order valence-corrected chi connectivity index (χ1v) is 13.5. The van der Waals surface area contributed by atoms with Gasteiger partial charge in [-0.15, -0.1) is 13.2 Å². The lowest BCUT2D eigenvalue weighted by molar-refractivity contribution is -0.274. The number of rotatable bonds is 5. The topological polar surface area (TPSA) is 68.2 Å².